The van der Waals surface area contributed by atoms with E-state index >= 15 is 0 Å². The first-order chi connectivity index (χ1) is 6.99. The van der Waals surface area contributed by atoms with Gasteiger partial charge in [0.05, 0.1) is 18.2 Å². The Labute approximate surface area is 90.0 Å². The number of nitrogens with zero attached hydrogens (tertiary/aromatic N) is 1. The van der Waals surface area contributed by atoms with Crippen molar-refractivity contribution in [3.8, 4) is 5.75 Å². The molecule has 1 rings (SSSR count). The first kappa shape index (κ1) is 11.8. The highest BCUT2D eigenvalue weighted by Crippen LogP contribution is 2.34. The lowest BCUT2D eigenvalue weighted by Crippen LogP contribution is -2.04. The fraction of sp³-hybridized carbons (Fsp3) is 0.333. The first-order valence-electron chi connectivity index (χ1n) is 4.00. The Kier molecular flexibility index (Phi) is 3.57. The van der Waals surface area contributed by atoms with Gasteiger partial charge in [0.1, 0.15) is 5.75 Å². The van der Waals surface area contributed by atoms with E-state index in [1.807, 2.05) is 0 Å². The quantitative estimate of drug-likeness (QED) is 0.756. The summed E-state index contributed by atoms with van der Waals surface area (Å²) in [5, 5.41) is -0.874. The summed E-state index contributed by atoms with van der Waals surface area (Å²) in [4.78, 5) is 14.6. The number of methoxy groups -OCH3 is 1. The van der Waals surface area contributed by atoms with E-state index in [0.717, 1.165) is 6.20 Å². The van der Waals surface area contributed by atoms with Gasteiger partial charge in [0, 0.05) is 11.9 Å². The van der Waals surface area contributed by atoms with Gasteiger partial charge in [0.25, 0.3) is 11.7 Å². The monoisotopic (exact) mass is 235 g/mol. The van der Waals surface area contributed by atoms with Crippen LogP contribution in [-0.4, -0.2) is 17.3 Å². The van der Waals surface area contributed by atoms with Gasteiger partial charge in [-0.05, 0) is 18.5 Å². The number of hydrogen-bond acceptors (Lipinski definition) is 3. The van der Waals surface area contributed by atoms with E-state index in [9.17, 15) is 13.6 Å². The van der Waals surface area contributed by atoms with E-state index < -0.39 is 17.2 Å². The molecule has 0 bridgehead atoms. The molecule has 6 heteroatoms. The molecule has 0 amide bonds. The molecule has 1 aromatic rings. The molecule has 15 heavy (non-hydrogen) atoms. The predicted octanol–water partition coefficient (Wildman–Crippen LogP) is 2.72. The smallest absolute Gasteiger partial charge is 0.269 e. The molecular weight excluding hydrogens is 228 g/mol. The van der Waals surface area contributed by atoms with E-state index in [1.165, 1.54) is 14.0 Å². The number of hydrogen-bond donors (Lipinski definition) is 0. The van der Waals surface area contributed by atoms with Crippen LogP contribution in [0.1, 0.15) is 28.0 Å². The van der Waals surface area contributed by atoms with Gasteiger partial charge in [-0.15, -0.1) is 0 Å². The molecule has 0 saturated heterocycles. The van der Waals surface area contributed by atoms with E-state index in [0.29, 0.717) is 0 Å². The second kappa shape index (κ2) is 4.53. The Balaban J connectivity index is 3.47. The Bertz CT molecular complexity index is 396. The highest BCUT2D eigenvalue weighted by Gasteiger charge is 2.23. The van der Waals surface area contributed by atoms with Gasteiger partial charge in [-0.25, -0.2) is 8.78 Å². The lowest BCUT2D eigenvalue weighted by atomic mass is 10.1. The SMILES string of the molecule is COc1c(C(=O)Cl)cnc(C)c1C(F)F. The fourth-order valence-electron chi connectivity index (χ4n) is 1.22. The van der Waals surface area contributed by atoms with Gasteiger partial charge < -0.3 is 4.74 Å². The van der Waals surface area contributed by atoms with Crippen LogP contribution < -0.4 is 4.74 Å². The summed E-state index contributed by atoms with van der Waals surface area (Å²) in [6, 6.07) is 0. The van der Waals surface area contributed by atoms with Crippen molar-refractivity contribution in [2.24, 2.45) is 0 Å². The van der Waals surface area contributed by atoms with Crippen molar-refractivity contribution in [3.63, 3.8) is 0 Å². The zero-order valence-electron chi connectivity index (χ0n) is 8.05. The van der Waals surface area contributed by atoms with Gasteiger partial charge >= 0.3 is 0 Å². The predicted molar refractivity (Wildman–Crippen MR) is 50.7 cm³/mol. The van der Waals surface area contributed by atoms with Crippen LogP contribution >= 0.6 is 11.6 Å². The van der Waals surface area contributed by atoms with Crippen LogP contribution in [0.3, 0.4) is 0 Å². The van der Waals surface area contributed by atoms with Crippen LogP contribution in [0.5, 0.6) is 5.75 Å². The molecule has 0 atom stereocenters. The molecule has 0 saturated carbocycles. The molecule has 0 spiro atoms. The summed E-state index contributed by atoms with van der Waals surface area (Å²) < 4.78 is 30.0. The highest BCUT2D eigenvalue weighted by molar-refractivity contribution is 6.68. The summed E-state index contributed by atoms with van der Waals surface area (Å²) in [5.74, 6) is -0.211. The summed E-state index contributed by atoms with van der Waals surface area (Å²) in [5.41, 5.74) is -0.437. The maximum Gasteiger partial charge on any atom is 0.269 e. The van der Waals surface area contributed by atoms with E-state index in [4.69, 9.17) is 16.3 Å². The van der Waals surface area contributed by atoms with Crippen LogP contribution in [0.4, 0.5) is 8.78 Å². The van der Waals surface area contributed by atoms with Gasteiger partial charge in [-0.1, -0.05) is 0 Å². The lowest BCUT2D eigenvalue weighted by molar-refractivity contribution is 0.107. The van der Waals surface area contributed by atoms with Crippen molar-refractivity contribution in [3.05, 3.63) is 23.0 Å². The summed E-state index contributed by atoms with van der Waals surface area (Å²) in [7, 11) is 1.20. The second-order valence-electron chi connectivity index (χ2n) is 2.78. The van der Waals surface area contributed by atoms with Crippen molar-refractivity contribution in [2.45, 2.75) is 13.3 Å². The maximum atomic E-state index is 12.6. The second-order valence-corrected chi connectivity index (χ2v) is 3.12. The number of aryl methyl sites for hydroxylation is 1. The zero-order chi connectivity index (χ0) is 11.6. The normalized spacial score (nSPS) is 10.5. The van der Waals surface area contributed by atoms with Gasteiger partial charge in [0.2, 0.25) is 0 Å². The average molecular weight is 236 g/mol. The molecule has 0 N–H and O–H groups in total. The van der Waals surface area contributed by atoms with Crippen LogP contribution in [0.25, 0.3) is 0 Å². The van der Waals surface area contributed by atoms with Crippen molar-refractivity contribution >= 4 is 16.8 Å². The molecule has 0 fully saturated rings. The zero-order valence-corrected chi connectivity index (χ0v) is 8.81. The lowest BCUT2D eigenvalue weighted by Gasteiger charge is -2.12. The fourth-order valence-corrected chi connectivity index (χ4v) is 1.35. The molecule has 0 unspecified atom stereocenters. The summed E-state index contributed by atoms with van der Waals surface area (Å²) in [6.07, 6.45) is -1.64. The molecule has 0 aliphatic carbocycles. The molecule has 0 radical (unpaired) electrons. The maximum absolute atomic E-state index is 12.6. The van der Waals surface area contributed by atoms with Crippen molar-refractivity contribution in [1.29, 1.82) is 0 Å². The Hall–Kier alpha value is -1.23. The Morgan fingerprint density at radius 1 is 1.60 bits per heavy atom. The number of pyridine rings is 1. The van der Waals surface area contributed by atoms with Crippen LogP contribution in [0.15, 0.2) is 6.20 Å². The minimum Gasteiger partial charge on any atom is -0.495 e. The third kappa shape index (κ3) is 2.23. The molecule has 1 aromatic heterocycles. The van der Waals surface area contributed by atoms with Gasteiger partial charge in [-0.3, -0.25) is 9.78 Å². The molecule has 3 nitrogen and oxygen atoms in total. The third-order valence-corrected chi connectivity index (χ3v) is 2.10. The Morgan fingerprint density at radius 2 is 2.20 bits per heavy atom. The Morgan fingerprint density at radius 3 is 2.60 bits per heavy atom. The minimum absolute atomic E-state index is 0.114. The van der Waals surface area contributed by atoms with Gasteiger partial charge in [-0.2, -0.15) is 0 Å². The largest absolute Gasteiger partial charge is 0.495 e. The molecule has 0 aliphatic rings. The van der Waals surface area contributed by atoms with E-state index in [1.54, 1.807) is 0 Å². The highest BCUT2D eigenvalue weighted by atomic mass is 35.5. The number of carbonyl (C=O) groups is 1. The number of aromatic nitrogens is 1. The first-order valence-corrected chi connectivity index (χ1v) is 4.38. The molecule has 0 aliphatic heterocycles. The summed E-state index contributed by atoms with van der Waals surface area (Å²) in [6.45, 7) is 1.41. The standard InChI is InChI=1S/C9H8ClF2NO2/c1-4-6(9(11)12)7(15-2)5(3-13-4)8(10)14/h3,9H,1-2H3. The average Bonchev–Trinajstić information content (AvgIpc) is 2.15. The molecule has 82 valence electrons. The molecule has 0 aromatic carbocycles. The number of carbonyl (C=O) groups excluding carboxylic acids is 1. The topological polar surface area (TPSA) is 39.2 Å². The van der Waals surface area contributed by atoms with Crippen LogP contribution in [0.2, 0.25) is 0 Å². The van der Waals surface area contributed by atoms with Crippen molar-refractivity contribution < 1.29 is 18.3 Å². The van der Waals surface area contributed by atoms with E-state index in [2.05, 4.69) is 4.98 Å². The third-order valence-electron chi connectivity index (χ3n) is 1.90. The number of rotatable bonds is 3. The molecular formula is C9H8ClF2NO2. The van der Waals surface area contributed by atoms with Crippen LogP contribution in [-0.2, 0) is 0 Å². The number of alkyl halides is 2. The molecule has 1 heterocycles. The summed E-state index contributed by atoms with van der Waals surface area (Å²) >= 11 is 5.21. The number of halogens is 3. The van der Waals surface area contributed by atoms with Crippen molar-refractivity contribution in [2.75, 3.05) is 7.11 Å². The van der Waals surface area contributed by atoms with Crippen molar-refractivity contribution in [1.82, 2.24) is 4.98 Å². The van der Waals surface area contributed by atoms with Crippen LogP contribution in [0, 0.1) is 6.92 Å². The minimum atomic E-state index is -2.76. The van der Waals surface area contributed by atoms with Gasteiger partial charge in [0.15, 0.2) is 0 Å². The number of ether oxygens (including phenoxy) is 1. The van der Waals surface area contributed by atoms with E-state index in [-0.39, 0.29) is 17.0 Å².